The van der Waals surface area contributed by atoms with Gasteiger partial charge in [0.05, 0.1) is 18.8 Å². The minimum Gasteiger partial charge on any atom is -0.394 e. The van der Waals surface area contributed by atoms with Crippen LogP contribution in [0.5, 0.6) is 0 Å². The lowest BCUT2D eigenvalue weighted by molar-refractivity contribution is -0.123. The van der Waals surface area contributed by atoms with Crippen molar-refractivity contribution in [1.82, 2.24) is 5.32 Å². The summed E-state index contributed by atoms with van der Waals surface area (Å²) >= 11 is 0. The Morgan fingerprint density at radius 3 is 1.27 bits per heavy atom. The van der Waals surface area contributed by atoms with Gasteiger partial charge in [-0.1, -0.05) is 216 Å². The van der Waals surface area contributed by atoms with Gasteiger partial charge in [-0.2, -0.15) is 0 Å². The molecule has 0 radical (unpaired) electrons. The summed E-state index contributed by atoms with van der Waals surface area (Å²) in [6.45, 7) is 4.09. The van der Waals surface area contributed by atoms with Crippen LogP contribution in [0.15, 0.2) is 60.8 Å². The molecule has 0 aromatic heterocycles. The molecule has 4 heteroatoms. The fraction of sp³-hybridized carbons (Fsp3) is 0.771. The Morgan fingerprint density at radius 2 is 0.846 bits per heavy atom. The summed E-state index contributed by atoms with van der Waals surface area (Å²) in [6, 6.07) is -0.617. The van der Waals surface area contributed by atoms with Crippen LogP contribution in [0.2, 0.25) is 0 Å². The largest absolute Gasteiger partial charge is 0.394 e. The fourth-order valence-electron chi connectivity index (χ4n) is 6.58. The molecule has 0 saturated carbocycles. The maximum atomic E-state index is 12.2. The molecule has 0 aromatic carbocycles. The molecule has 0 heterocycles. The van der Waals surface area contributed by atoms with Crippen LogP contribution in [0.3, 0.4) is 0 Å². The van der Waals surface area contributed by atoms with Crippen LogP contribution in [0.1, 0.15) is 219 Å². The predicted octanol–water partition coefficient (Wildman–Crippen LogP) is 14.1. The van der Waals surface area contributed by atoms with E-state index in [2.05, 4.69) is 67.8 Å². The molecular formula is C48H87NO3. The van der Waals surface area contributed by atoms with Gasteiger partial charge < -0.3 is 15.5 Å². The number of rotatable bonds is 40. The van der Waals surface area contributed by atoms with Crippen molar-refractivity contribution in [2.75, 3.05) is 6.61 Å². The first-order valence-electron chi connectivity index (χ1n) is 22.5. The maximum Gasteiger partial charge on any atom is 0.220 e. The van der Waals surface area contributed by atoms with Gasteiger partial charge in [0, 0.05) is 6.42 Å². The molecule has 0 saturated heterocycles. The van der Waals surface area contributed by atoms with Crippen molar-refractivity contribution in [2.45, 2.75) is 231 Å². The van der Waals surface area contributed by atoms with E-state index in [0.717, 1.165) is 51.4 Å². The van der Waals surface area contributed by atoms with Gasteiger partial charge in [-0.15, -0.1) is 0 Å². The zero-order valence-electron chi connectivity index (χ0n) is 34.6. The van der Waals surface area contributed by atoms with E-state index in [9.17, 15) is 15.0 Å². The highest BCUT2D eigenvalue weighted by molar-refractivity contribution is 5.76. The van der Waals surface area contributed by atoms with Crippen molar-refractivity contribution >= 4 is 5.91 Å². The van der Waals surface area contributed by atoms with E-state index in [0.29, 0.717) is 6.42 Å². The minimum absolute atomic E-state index is 0.0705. The molecule has 1 amide bonds. The molecule has 3 N–H and O–H groups in total. The minimum atomic E-state index is -0.834. The van der Waals surface area contributed by atoms with Crippen LogP contribution < -0.4 is 5.32 Å². The molecule has 0 aliphatic rings. The Kier molecular flexibility index (Phi) is 41.9. The number of amides is 1. The quantitative estimate of drug-likeness (QED) is 0.0435. The number of unbranched alkanes of at least 4 members (excludes halogenated alkanes) is 25. The van der Waals surface area contributed by atoms with E-state index in [1.807, 2.05) is 6.08 Å². The number of hydrogen-bond donors (Lipinski definition) is 3. The molecule has 52 heavy (non-hydrogen) atoms. The molecule has 0 fully saturated rings. The van der Waals surface area contributed by atoms with Crippen LogP contribution in [-0.4, -0.2) is 34.9 Å². The zero-order chi connectivity index (χ0) is 37.8. The molecule has 4 nitrogen and oxygen atoms in total. The SMILES string of the molecule is CC/C=C\C/C=C\C/C=C\C/C=C\CCCCCCCCCCCCCCCCCCCCCCCCC(=O)NC(CO)C(O)/C=C/CCCCC. The van der Waals surface area contributed by atoms with Gasteiger partial charge in [-0.05, 0) is 57.8 Å². The molecule has 0 aliphatic heterocycles. The highest BCUT2D eigenvalue weighted by atomic mass is 16.3. The maximum absolute atomic E-state index is 12.2. The summed E-state index contributed by atoms with van der Waals surface area (Å²) < 4.78 is 0. The Morgan fingerprint density at radius 1 is 0.481 bits per heavy atom. The second kappa shape index (κ2) is 43.5. The van der Waals surface area contributed by atoms with Crippen molar-refractivity contribution in [3.8, 4) is 0 Å². The van der Waals surface area contributed by atoms with Crippen molar-refractivity contribution in [3.63, 3.8) is 0 Å². The summed E-state index contributed by atoms with van der Waals surface area (Å²) in [7, 11) is 0. The number of aliphatic hydroxyl groups excluding tert-OH is 2. The number of allylic oxidation sites excluding steroid dienone is 9. The summed E-state index contributed by atoms with van der Waals surface area (Å²) in [6.07, 6.45) is 61.1. The van der Waals surface area contributed by atoms with Gasteiger partial charge in [0.15, 0.2) is 0 Å². The highest BCUT2D eigenvalue weighted by Gasteiger charge is 2.17. The van der Waals surface area contributed by atoms with Gasteiger partial charge in [0.25, 0.3) is 0 Å². The molecule has 0 aliphatic carbocycles. The van der Waals surface area contributed by atoms with Crippen LogP contribution in [-0.2, 0) is 4.79 Å². The third kappa shape index (κ3) is 39.3. The normalized spacial score (nSPS) is 13.5. The fourth-order valence-corrected chi connectivity index (χ4v) is 6.58. The van der Waals surface area contributed by atoms with Crippen molar-refractivity contribution in [1.29, 1.82) is 0 Å². The highest BCUT2D eigenvalue weighted by Crippen LogP contribution is 2.16. The monoisotopic (exact) mass is 726 g/mol. The predicted molar refractivity (Wildman–Crippen MR) is 230 cm³/mol. The van der Waals surface area contributed by atoms with Gasteiger partial charge in [-0.3, -0.25) is 4.79 Å². The topological polar surface area (TPSA) is 69.6 Å². The summed E-state index contributed by atoms with van der Waals surface area (Å²) in [5.74, 6) is -0.0705. The van der Waals surface area contributed by atoms with Gasteiger partial charge >= 0.3 is 0 Å². The van der Waals surface area contributed by atoms with Crippen LogP contribution >= 0.6 is 0 Å². The molecule has 0 aromatic rings. The number of carbonyl (C=O) groups is 1. The van der Waals surface area contributed by atoms with Gasteiger partial charge in [-0.25, -0.2) is 0 Å². The lowest BCUT2D eigenvalue weighted by Crippen LogP contribution is -2.45. The average Bonchev–Trinajstić information content (AvgIpc) is 3.15. The Bertz CT molecular complexity index is 873. The Labute approximate surface area is 324 Å². The van der Waals surface area contributed by atoms with Crippen LogP contribution in [0, 0.1) is 0 Å². The molecule has 2 atom stereocenters. The standard InChI is InChI=1S/C48H87NO3/c1-3-5-7-9-10-11-12-13-14-15-16-17-18-19-20-21-22-23-24-25-26-27-28-29-30-31-32-33-34-35-36-37-38-40-42-44-48(52)49-46(45-50)47(51)43-41-39-8-6-4-2/h5,7,10-11,13-14,16-17,41,43,46-47,50-51H,3-4,6,8-9,12,15,18-40,42,44-45H2,1-2H3,(H,49,52)/b7-5-,11-10-,14-13-,17-16-,43-41+. The summed E-state index contributed by atoms with van der Waals surface area (Å²) in [5, 5.41) is 22.6. The lowest BCUT2D eigenvalue weighted by Gasteiger charge is -2.20. The first-order chi connectivity index (χ1) is 25.7. The molecular weight excluding hydrogens is 639 g/mol. The Hall–Kier alpha value is -1.91. The number of hydrogen-bond acceptors (Lipinski definition) is 3. The van der Waals surface area contributed by atoms with E-state index in [-0.39, 0.29) is 12.5 Å². The third-order valence-electron chi connectivity index (χ3n) is 10.0. The van der Waals surface area contributed by atoms with Crippen molar-refractivity contribution < 1.29 is 15.0 Å². The van der Waals surface area contributed by atoms with E-state index in [4.69, 9.17) is 0 Å². The van der Waals surface area contributed by atoms with E-state index >= 15 is 0 Å². The van der Waals surface area contributed by atoms with Gasteiger partial charge in [0.2, 0.25) is 5.91 Å². The number of carbonyl (C=O) groups excluding carboxylic acids is 1. The summed E-state index contributed by atoms with van der Waals surface area (Å²) in [5.41, 5.74) is 0. The first-order valence-corrected chi connectivity index (χ1v) is 22.5. The molecule has 302 valence electrons. The van der Waals surface area contributed by atoms with E-state index < -0.39 is 12.1 Å². The van der Waals surface area contributed by atoms with Crippen LogP contribution in [0.4, 0.5) is 0 Å². The second-order valence-electron chi connectivity index (χ2n) is 15.1. The lowest BCUT2D eigenvalue weighted by atomic mass is 10.0. The molecule has 0 rings (SSSR count). The summed E-state index contributed by atoms with van der Waals surface area (Å²) in [4.78, 5) is 12.2. The van der Waals surface area contributed by atoms with E-state index in [1.54, 1.807) is 6.08 Å². The number of nitrogens with one attached hydrogen (secondary N) is 1. The number of aliphatic hydroxyl groups is 2. The van der Waals surface area contributed by atoms with Crippen molar-refractivity contribution in [2.24, 2.45) is 0 Å². The van der Waals surface area contributed by atoms with Crippen molar-refractivity contribution in [3.05, 3.63) is 60.8 Å². The van der Waals surface area contributed by atoms with Gasteiger partial charge in [0.1, 0.15) is 0 Å². The molecule has 0 bridgehead atoms. The zero-order valence-corrected chi connectivity index (χ0v) is 34.6. The molecule has 0 spiro atoms. The van der Waals surface area contributed by atoms with Crippen LogP contribution in [0.25, 0.3) is 0 Å². The first kappa shape index (κ1) is 50.1. The third-order valence-corrected chi connectivity index (χ3v) is 10.0. The Balaban J connectivity index is 3.35. The molecule has 2 unspecified atom stereocenters. The second-order valence-corrected chi connectivity index (χ2v) is 15.1. The smallest absolute Gasteiger partial charge is 0.220 e. The van der Waals surface area contributed by atoms with E-state index in [1.165, 1.54) is 148 Å². The average molecular weight is 726 g/mol.